The molecule has 0 aromatic heterocycles. The maximum absolute atomic E-state index is 9.55. The van der Waals surface area contributed by atoms with Crippen LogP contribution < -0.4 is 4.74 Å². The molecule has 0 aliphatic carbocycles. The minimum Gasteiger partial charge on any atom is -0.486 e. The predicted molar refractivity (Wildman–Crippen MR) is 125 cm³/mol. The predicted octanol–water partition coefficient (Wildman–Crippen LogP) is 8.36. The van der Waals surface area contributed by atoms with Crippen molar-refractivity contribution in [2.24, 2.45) is 0 Å². The third-order valence-corrected chi connectivity index (χ3v) is 5.66. The summed E-state index contributed by atoms with van der Waals surface area (Å²) >= 11 is 22.1. The fourth-order valence-electron chi connectivity index (χ4n) is 2.67. The molecule has 3 aromatic carbocycles. The van der Waals surface area contributed by atoms with E-state index < -0.39 is 0 Å². The Hall–Kier alpha value is -1.96. The first-order valence-corrected chi connectivity index (χ1v) is 10.5. The van der Waals surface area contributed by atoms with E-state index in [-0.39, 0.29) is 6.61 Å². The molecule has 0 atom stereocenters. The molecule has 0 amide bonds. The van der Waals surface area contributed by atoms with Gasteiger partial charge in [0.05, 0.1) is 21.1 Å². The van der Waals surface area contributed by atoms with Crippen LogP contribution in [-0.4, -0.2) is 0 Å². The summed E-state index contributed by atoms with van der Waals surface area (Å²) in [4.78, 5) is 0. The van der Waals surface area contributed by atoms with Gasteiger partial charge >= 0.3 is 0 Å². The van der Waals surface area contributed by atoms with Gasteiger partial charge < -0.3 is 4.74 Å². The van der Waals surface area contributed by atoms with E-state index in [9.17, 15) is 5.26 Å². The molecule has 146 valence electrons. The van der Waals surface area contributed by atoms with E-state index >= 15 is 0 Å². The highest BCUT2D eigenvalue weighted by Gasteiger charge is 2.11. The lowest BCUT2D eigenvalue weighted by atomic mass is 10.0. The van der Waals surface area contributed by atoms with Gasteiger partial charge in [-0.25, -0.2) is 0 Å². The Bertz CT molecular complexity index is 1090. The van der Waals surface area contributed by atoms with Crippen molar-refractivity contribution in [3.05, 3.63) is 96.4 Å². The maximum Gasteiger partial charge on any atom is 0.152 e. The number of nitriles is 1. The molecule has 29 heavy (non-hydrogen) atoms. The molecule has 0 N–H and O–H groups in total. The van der Waals surface area contributed by atoms with Crippen molar-refractivity contribution >= 4 is 62.4 Å². The van der Waals surface area contributed by atoms with E-state index in [4.69, 9.17) is 39.5 Å². The van der Waals surface area contributed by atoms with Crippen LogP contribution in [0.25, 0.3) is 11.6 Å². The molecule has 2 nitrogen and oxygen atoms in total. The monoisotopic (exact) mass is 505 g/mol. The minimum atomic E-state index is 0.246. The Labute approximate surface area is 193 Å². The van der Waals surface area contributed by atoms with Crippen LogP contribution in [0, 0.1) is 18.3 Å². The second kappa shape index (κ2) is 9.69. The van der Waals surface area contributed by atoms with Gasteiger partial charge in [-0.05, 0) is 64.3 Å². The number of rotatable bonds is 5. The van der Waals surface area contributed by atoms with Gasteiger partial charge in [-0.2, -0.15) is 5.26 Å². The number of aryl methyl sites for hydroxylation is 1. The van der Waals surface area contributed by atoms with Crippen molar-refractivity contribution in [3.63, 3.8) is 0 Å². The van der Waals surface area contributed by atoms with Crippen LogP contribution in [0.4, 0.5) is 0 Å². The van der Waals surface area contributed by atoms with Crippen LogP contribution in [0.2, 0.25) is 15.1 Å². The van der Waals surface area contributed by atoms with Crippen molar-refractivity contribution in [1.82, 2.24) is 0 Å². The third kappa shape index (κ3) is 5.56. The molecule has 0 spiro atoms. The molecular weight excluding hydrogens is 493 g/mol. The Morgan fingerprint density at radius 2 is 1.76 bits per heavy atom. The van der Waals surface area contributed by atoms with Crippen LogP contribution in [0.5, 0.6) is 5.75 Å². The summed E-state index contributed by atoms with van der Waals surface area (Å²) in [5.41, 5.74) is 4.13. The number of hydrogen-bond acceptors (Lipinski definition) is 2. The Morgan fingerprint density at radius 3 is 2.38 bits per heavy atom. The van der Waals surface area contributed by atoms with Gasteiger partial charge in [-0.1, -0.05) is 70.7 Å². The van der Waals surface area contributed by atoms with E-state index in [1.165, 1.54) is 0 Å². The Kier molecular flexibility index (Phi) is 7.27. The summed E-state index contributed by atoms with van der Waals surface area (Å²) in [6, 6.07) is 18.9. The summed E-state index contributed by atoms with van der Waals surface area (Å²) in [5, 5.41) is 11.1. The summed E-state index contributed by atoms with van der Waals surface area (Å²) < 4.78 is 6.55. The topological polar surface area (TPSA) is 33.0 Å². The molecule has 0 saturated carbocycles. The second-order valence-electron chi connectivity index (χ2n) is 6.37. The average Bonchev–Trinajstić information content (AvgIpc) is 2.67. The van der Waals surface area contributed by atoms with E-state index in [0.29, 0.717) is 30.9 Å². The van der Waals surface area contributed by atoms with E-state index in [1.54, 1.807) is 24.3 Å². The van der Waals surface area contributed by atoms with Crippen molar-refractivity contribution in [2.75, 3.05) is 0 Å². The number of allylic oxidation sites excluding steroid dienone is 1. The third-order valence-electron chi connectivity index (χ3n) is 4.20. The fourth-order valence-corrected chi connectivity index (χ4v) is 4.12. The maximum atomic E-state index is 9.55. The summed E-state index contributed by atoms with van der Waals surface area (Å²) in [6.07, 6.45) is 1.79. The Balaban J connectivity index is 1.85. The normalized spacial score (nSPS) is 11.2. The molecule has 0 aliphatic heterocycles. The van der Waals surface area contributed by atoms with Crippen LogP contribution in [0.1, 0.15) is 22.3 Å². The van der Waals surface area contributed by atoms with Crippen molar-refractivity contribution in [2.45, 2.75) is 13.5 Å². The number of halogens is 4. The molecule has 0 bridgehead atoms. The van der Waals surface area contributed by atoms with Gasteiger partial charge in [0.1, 0.15) is 6.61 Å². The van der Waals surface area contributed by atoms with Gasteiger partial charge in [0.2, 0.25) is 0 Å². The van der Waals surface area contributed by atoms with Gasteiger partial charge in [0.15, 0.2) is 5.75 Å². The van der Waals surface area contributed by atoms with E-state index in [1.807, 2.05) is 43.3 Å². The molecule has 0 unspecified atom stereocenters. The van der Waals surface area contributed by atoms with Gasteiger partial charge in [0.25, 0.3) is 0 Å². The summed E-state index contributed by atoms with van der Waals surface area (Å²) in [5.74, 6) is 0.503. The van der Waals surface area contributed by atoms with Crippen LogP contribution in [0.3, 0.4) is 0 Å². The molecule has 0 saturated heterocycles. The van der Waals surface area contributed by atoms with Crippen LogP contribution in [-0.2, 0) is 6.61 Å². The van der Waals surface area contributed by atoms with E-state index in [2.05, 4.69) is 22.0 Å². The largest absolute Gasteiger partial charge is 0.486 e. The minimum absolute atomic E-state index is 0.246. The molecule has 0 aliphatic rings. The number of benzene rings is 3. The van der Waals surface area contributed by atoms with E-state index in [0.717, 1.165) is 22.3 Å². The lowest BCUT2D eigenvalue weighted by Gasteiger charge is -2.12. The van der Waals surface area contributed by atoms with Gasteiger partial charge in [-0.15, -0.1) is 0 Å². The molecular formula is C23H15BrCl3NO. The highest BCUT2D eigenvalue weighted by Crippen LogP contribution is 2.36. The SMILES string of the molecule is Cc1ccc(/C(C#N)=C\c2cc(Cl)c(OCc3ccc(Cl)cc3Cl)c(Br)c2)cc1. The highest BCUT2D eigenvalue weighted by atomic mass is 79.9. The standard InChI is InChI=1S/C23H15BrCl3NO/c1-14-2-4-16(5-3-14)18(12-28)8-15-9-20(24)23(22(27)10-15)29-13-17-6-7-19(25)11-21(17)26/h2-11H,13H2,1H3/b18-8-. The summed E-state index contributed by atoms with van der Waals surface area (Å²) in [7, 11) is 0. The summed E-state index contributed by atoms with van der Waals surface area (Å²) in [6.45, 7) is 2.25. The van der Waals surface area contributed by atoms with Gasteiger partial charge in [-0.3, -0.25) is 0 Å². The second-order valence-corrected chi connectivity index (χ2v) is 8.48. The zero-order valence-electron chi connectivity index (χ0n) is 15.3. The first-order valence-electron chi connectivity index (χ1n) is 8.62. The smallest absolute Gasteiger partial charge is 0.152 e. The molecule has 3 rings (SSSR count). The fraction of sp³-hybridized carbons (Fsp3) is 0.0870. The molecule has 0 heterocycles. The lowest BCUT2D eigenvalue weighted by Crippen LogP contribution is -1.98. The zero-order valence-corrected chi connectivity index (χ0v) is 19.2. The van der Waals surface area contributed by atoms with Gasteiger partial charge in [0, 0.05) is 15.6 Å². The average molecular weight is 508 g/mol. The number of hydrogen-bond donors (Lipinski definition) is 0. The first-order chi connectivity index (χ1) is 13.9. The van der Waals surface area contributed by atoms with Crippen molar-refractivity contribution in [1.29, 1.82) is 5.26 Å². The van der Waals surface area contributed by atoms with Crippen molar-refractivity contribution < 1.29 is 4.74 Å². The van der Waals surface area contributed by atoms with Crippen molar-refractivity contribution in [3.8, 4) is 11.8 Å². The number of nitrogens with zero attached hydrogens (tertiary/aromatic N) is 1. The van der Waals surface area contributed by atoms with Crippen LogP contribution in [0.15, 0.2) is 59.1 Å². The molecule has 0 radical (unpaired) electrons. The number of ether oxygens (including phenoxy) is 1. The highest BCUT2D eigenvalue weighted by molar-refractivity contribution is 9.10. The molecule has 3 aromatic rings. The first kappa shape index (κ1) is 21.7. The molecule has 6 heteroatoms. The quantitative estimate of drug-likeness (QED) is 0.257. The zero-order chi connectivity index (χ0) is 21.0. The lowest BCUT2D eigenvalue weighted by molar-refractivity contribution is 0.304. The van der Waals surface area contributed by atoms with Crippen LogP contribution >= 0.6 is 50.7 Å². The Morgan fingerprint density at radius 1 is 1.03 bits per heavy atom. The molecule has 0 fully saturated rings.